The zero-order valence-corrected chi connectivity index (χ0v) is 20.4. The van der Waals surface area contributed by atoms with Gasteiger partial charge in [-0.2, -0.15) is 13.9 Å². The molecule has 2 aromatic carbocycles. The van der Waals surface area contributed by atoms with Crippen LogP contribution in [0.15, 0.2) is 48.8 Å². The first kappa shape index (κ1) is 24.1. The summed E-state index contributed by atoms with van der Waals surface area (Å²) >= 11 is 6.62. The van der Waals surface area contributed by atoms with Crippen LogP contribution in [0.25, 0.3) is 5.69 Å². The molecule has 0 saturated heterocycles. The third-order valence-corrected chi connectivity index (χ3v) is 6.45. The van der Waals surface area contributed by atoms with E-state index in [4.69, 9.17) is 21.3 Å². The van der Waals surface area contributed by atoms with Crippen LogP contribution in [-0.4, -0.2) is 31.3 Å². The lowest BCUT2D eigenvalue weighted by molar-refractivity contribution is -0.0498. The topological polar surface area (TPSA) is 77.8 Å². The molecule has 0 saturated carbocycles. The van der Waals surface area contributed by atoms with E-state index in [1.54, 1.807) is 31.2 Å². The SMILES string of the molecule is Cc1ncn(-c2ccc(Nc3nc(Cl)c4c(n3)C(c3ccc(F)cc3)CC4(C)C)cc2OC(F)F)n1. The molecule has 2 aromatic heterocycles. The molecule has 11 heteroatoms. The number of aromatic nitrogens is 5. The summed E-state index contributed by atoms with van der Waals surface area (Å²) in [5.74, 6) is 0.173. The first-order chi connectivity index (χ1) is 17.1. The molecule has 0 aliphatic heterocycles. The lowest BCUT2D eigenvalue weighted by Gasteiger charge is -2.19. The van der Waals surface area contributed by atoms with E-state index < -0.39 is 6.61 Å². The minimum atomic E-state index is -3.03. The van der Waals surface area contributed by atoms with Gasteiger partial charge in [0.2, 0.25) is 5.95 Å². The second-order valence-electron chi connectivity index (χ2n) is 9.21. The van der Waals surface area contributed by atoms with Crippen LogP contribution in [0.3, 0.4) is 0 Å². The number of rotatable bonds is 6. The maximum absolute atomic E-state index is 13.5. The second-order valence-corrected chi connectivity index (χ2v) is 9.57. The quantitative estimate of drug-likeness (QED) is 0.303. The van der Waals surface area contributed by atoms with Gasteiger partial charge in [0.1, 0.15) is 28.8 Å². The van der Waals surface area contributed by atoms with E-state index in [1.165, 1.54) is 29.2 Å². The van der Waals surface area contributed by atoms with E-state index in [1.807, 2.05) is 0 Å². The third kappa shape index (κ3) is 4.60. The van der Waals surface area contributed by atoms with Gasteiger partial charge in [-0.05, 0) is 48.6 Å². The zero-order chi connectivity index (χ0) is 25.6. The van der Waals surface area contributed by atoms with E-state index in [9.17, 15) is 13.2 Å². The highest BCUT2D eigenvalue weighted by molar-refractivity contribution is 6.30. The van der Waals surface area contributed by atoms with Crippen molar-refractivity contribution >= 4 is 23.2 Å². The van der Waals surface area contributed by atoms with E-state index in [-0.39, 0.29) is 28.8 Å². The summed E-state index contributed by atoms with van der Waals surface area (Å²) in [7, 11) is 0. The standard InChI is InChI=1S/C25H22ClF3N6O/c1-13-30-12-35(34-13)18-9-8-16(10-19(18)36-23(28)29)31-24-32-21-17(14-4-6-15(27)7-5-14)11-25(2,3)20(21)22(26)33-24/h4-10,12,17,23H,11H2,1-3H3,(H,31,32,33). The molecule has 36 heavy (non-hydrogen) atoms. The van der Waals surface area contributed by atoms with Gasteiger partial charge in [-0.3, -0.25) is 0 Å². The molecule has 0 radical (unpaired) electrons. The largest absolute Gasteiger partial charge is 0.432 e. The molecule has 1 unspecified atom stereocenters. The molecule has 0 spiro atoms. The fourth-order valence-corrected chi connectivity index (χ4v) is 5.06. The number of benzene rings is 2. The van der Waals surface area contributed by atoms with Gasteiger partial charge in [0.25, 0.3) is 0 Å². The number of nitrogens with zero attached hydrogens (tertiary/aromatic N) is 5. The Kier molecular flexibility index (Phi) is 6.07. The number of aryl methyl sites for hydroxylation is 1. The minimum absolute atomic E-state index is 0.0996. The van der Waals surface area contributed by atoms with Crippen LogP contribution >= 0.6 is 11.6 Å². The molecule has 1 aliphatic carbocycles. The van der Waals surface area contributed by atoms with Crippen LogP contribution in [0.4, 0.5) is 24.8 Å². The summed E-state index contributed by atoms with van der Waals surface area (Å²) in [6, 6.07) is 11.0. The normalized spacial score (nSPS) is 16.3. The Labute approximate surface area is 210 Å². The second kappa shape index (κ2) is 9.09. The van der Waals surface area contributed by atoms with Crippen molar-refractivity contribution in [1.29, 1.82) is 0 Å². The monoisotopic (exact) mass is 514 g/mol. The highest BCUT2D eigenvalue weighted by atomic mass is 35.5. The van der Waals surface area contributed by atoms with E-state index >= 15 is 0 Å². The first-order valence-electron chi connectivity index (χ1n) is 11.2. The molecule has 0 fully saturated rings. The number of anilines is 2. The molecule has 0 bridgehead atoms. The van der Waals surface area contributed by atoms with Crippen LogP contribution in [-0.2, 0) is 5.41 Å². The Bertz CT molecular complexity index is 1420. The number of hydrogen-bond donors (Lipinski definition) is 1. The Morgan fingerprint density at radius 3 is 2.56 bits per heavy atom. The predicted molar refractivity (Wildman–Crippen MR) is 129 cm³/mol. The van der Waals surface area contributed by atoms with Gasteiger partial charge in [-0.1, -0.05) is 37.6 Å². The molecule has 0 amide bonds. The number of hydrogen-bond acceptors (Lipinski definition) is 6. The van der Waals surface area contributed by atoms with Gasteiger partial charge in [-0.25, -0.2) is 24.0 Å². The molecule has 4 aromatic rings. The number of nitrogens with one attached hydrogen (secondary N) is 1. The molecule has 186 valence electrons. The maximum Gasteiger partial charge on any atom is 0.387 e. The molecular weight excluding hydrogens is 493 g/mol. The molecule has 7 nitrogen and oxygen atoms in total. The lowest BCUT2D eigenvalue weighted by atomic mass is 9.85. The molecular formula is C25H22ClF3N6O. The minimum Gasteiger partial charge on any atom is -0.432 e. The molecule has 5 rings (SSSR count). The van der Waals surface area contributed by atoms with E-state index in [2.05, 4.69) is 34.2 Å². The van der Waals surface area contributed by atoms with Crippen molar-refractivity contribution in [2.75, 3.05) is 5.32 Å². The van der Waals surface area contributed by atoms with Gasteiger partial charge in [0.05, 0.1) is 5.69 Å². The lowest BCUT2D eigenvalue weighted by Crippen LogP contribution is -2.14. The van der Waals surface area contributed by atoms with Gasteiger partial charge in [0.15, 0.2) is 5.75 Å². The average Bonchev–Trinajstić information content (AvgIpc) is 3.34. The van der Waals surface area contributed by atoms with E-state index in [0.717, 1.165) is 23.2 Å². The zero-order valence-electron chi connectivity index (χ0n) is 19.6. The average molecular weight is 515 g/mol. The molecule has 2 heterocycles. The van der Waals surface area contributed by atoms with Crippen molar-refractivity contribution in [3.05, 3.63) is 82.4 Å². The van der Waals surface area contributed by atoms with Crippen molar-refractivity contribution in [2.45, 2.75) is 45.1 Å². The number of halogens is 4. The van der Waals surface area contributed by atoms with Crippen LogP contribution in [0, 0.1) is 12.7 Å². The highest BCUT2D eigenvalue weighted by Gasteiger charge is 2.41. The molecule has 1 aliphatic rings. The third-order valence-electron chi connectivity index (χ3n) is 6.17. The highest BCUT2D eigenvalue weighted by Crippen LogP contribution is 2.50. The summed E-state index contributed by atoms with van der Waals surface area (Å²) in [6.45, 7) is 2.79. The van der Waals surface area contributed by atoms with Gasteiger partial charge in [0, 0.05) is 23.2 Å². The molecule has 1 atom stereocenters. The van der Waals surface area contributed by atoms with Gasteiger partial charge >= 0.3 is 6.61 Å². The van der Waals surface area contributed by atoms with Gasteiger partial charge in [-0.15, -0.1) is 0 Å². The number of alkyl halides is 2. The van der Waals surface area contributed by atoms with Crippen LogP contribution in [0.5, 0.6) is 5.75 Å². The van der Waals surface area contributed by atoms with Crippen LogP contribution in [0.1, 0.15) is 48.8 Å². The Morgan fingerprint density at radius 1 is 1.14 bits per heavy atom. The summed E-state index contributed by atoms with van der Waals surface area (Å²) in [5, 5.41) is 7.51. The predicted octanol–water partition coefficient (Wildman–Crippen LogP) is 6.32. The van der Waals surface area contributed by atoms with E-state index in [0.29, 0.717) is 22.4 Å². The molecule has 1 N–H and O–H groups in total. The fraction of sp³-hybridized carbons (Fsp3) is 0.280. The Morgan fingerprint density at radius 2 is 1.89 bits per heavy atom. The maximum atomic E-state index is 13.5. The number of ether oxygens (including phenoxy) is 1. The van der Waals surface area contributed by atoms with Crippen LogP contribution < -0.4 is 10.1 Å². The van der Waals surface area contributed by atoms with Crippen LogP contribution in [0.2, 0.25) is 5.15 Å². The summed E-state index contributed by atoms with van der Waals surface area (Å²) in [4.78, 5) is 13.2. The van der Waals surface area contributed by atoms with Crippen molar-refractivity contribution < 1.29 is 17.9 Å². The van der Waals surface area contributed by atoms with Crippen molar-refractivity contribution in [1.82, 2.24) is 24.7 Å². The summed E-state index contributed by atoms with van der Waals surface area (Å²) in [6.07, 6.45) is 2.14. The van der Waals surface area contributed by atoms with Gasteiger partial charge < -0.3 is 10.1 Å². The van der Waals surface area contributed by atoms with Crippen molar-refractivity contribution in [3.63, 3.8) is 0 Å². The Hall–Kier alpha value is -3.66. The summed E-state index contributed by atoms with van der Waals surface area (Å²) in [5.41, 5.74) is 2.92. The number of fused-ring (bicyclic) bond motifs is 1. The van der Waals surface area contributed by atoms with Crippen molar-refractivity contribution in [2.24, 2.45) is 0 Å². The Balaban J connectivity index is 1.52. The summed E-state index contributed by atoms with van der Waals surface area (Å²) < 4.78 is 45.9. The fourth-order valence-electron chi connectivity index (χ4n) is 4.63. The van der Waals surface area contributed by atoms with Crippen molar-refractivity contribution in [3.8, 4) is 11.4 Å². The first-order valence-corrected chi connectivity index (χ1v) is 11.6. The smallest absolute Gasteiger partial charge is 0.387 e.